The van der Waals surface area contributed by atoms with Gasteiger partial charge in [-0.1, -0.05) is 24.3 Å². The molecule has 1 aliphatic heterocycles. The summed E-state index contributed by atoms with van der Waals surface area (Å²) in [6.45, 7) is 0.847. The Morgan fingerprint density at radius 1 is 1.00 bits per heavy atom. The van der Waals surface area contributed by atoms with Crippen molar-refractivity contribution in [2.45, 2.75) is 12.8 Å². The molecule has 0 N–H and O–H groups in total. The van der Waals surface area contributed by atoms with Crippen molar-refractivity contribution in [2.75, 3.05) is 6.54 Å². The summed E-state index contributed by atoms with van der Waals surface area (Å²) in [7, 11) is 0. The fraction of sp³-hybridized carbons (Fsp3) is 0.214. The van der Waals surface area contributed by atoms with Gasteiger partial charge in [0.15, 0.2) is 0 Å². The van der Waals surface area contributed by atoms with E-state index < -0.39 is 0 Å². The molecule has 1 aromatic rings. The Balaban J connectivity index is 2.11. The van der Waals surface area contributed by atoms with Crippen molar-refractivity contribution in [3.05, 3.63) is 52.6 Å². The number of allylic oxidation sites excluding steroid dienone is 1. The monoisotopic (exact) mass is 195 g/mol. The third-order valence-electron chi connectivity index (χ3n) is 3.10. The van der Waals surface area contributed by atoms with E-state index in [1.165, 1.54) is 22.3 Å². The lowest BCUT2D eigenvalue weighted by Gasteiger charge is -2.09. The fourth-order valence-corrected chi connectivity index (χ4v) is 2.24. The molecule has 0 spiro atoms. The van der Waals surface area contributed by atoms with E-state index in [2.05, 4.69) is 41.4 Å². The van der Waals surface area contributed by atoms with Crippen LogP contribution in [0, 0.1) is 0 Å². The first kappa shape index (κ1) is 8.66. The molecule has 0 unspecified atom stereocenters. The average molecular weight is 195 g/mol. The van der Waals surface area contributed by atoms with Gasteiger partial charge in [-0.2, -0.15) is 0 Å². The number of aryl methyl sites for hydroxylation is 1. The van der Waals surface area contributed by atoms with E-state index in [0.29, 0.717) is 0 Å². The smallest absolute Gasteiger partial charge is 0.0642 e. The molecule has 1 heterocycles. The molecular weight excluding hydrogens is 182 g/mol. The molecular formula is C14H13N. The first-order valence-corrected chi connectivity index (χ1v) is 5.41. The van der Waals surface area contributed by atoms with Crippen molar-refractivity contribution in [3.8, 4) is 0 Å². The third-order valence-corrected chi connectivity index (χ3v) is 3.10. The summed E-state index contributed by atoms with van der Waals surface area (Å²) in [5.41, 5.74) is 5.68. The molecule has 0 fully saturated rings. The van der Waals surface area contributed by atoms with Gasteiger partial charge >= 0.3 is 0 Å². The molecule has 1 heteroatoms. The van der Waals surface area contributed by atoms with Crippen LogP contribution in [0.2, 0.25) is 0 Å². The normalized spacial score (nSPS) is 18.4. The lowest BCUT2D eigenvalue weighted by atomic mass is 10.0. The topological polar surface area (TPSA) is 12.4 Å². The van der Waals surface area contributed by atoms with Crippen LogP contribution in [-0.4, -0.2) is 12.8 Å². The summed E-state index contributed by atoms with van der Waals surface area (Å²) in [6.07, 6.45) is 8.68. The number of aliphatic imine (C=N–C) groups is 1. The van der Waals surface area contributed by atoms with Crippen LogP contribution in [0.1, 0.15) is 17.5 Å². The number of rotatable bonds is 0. The maximum Gasteiger partial charge on any atom is 0.0642 e. The van der Waals surface area contributed by atoms with Gasteiger partial charge in [0.25, 0.3) is 0 Å². The van der Waals surface area contributed by atoms with Crippen LogP contribution < -0.4 is 0 Å². The summed E-state index contributed by atoms with van der Waals surface area (Å²) in [6, 6.07) is 8.66. The second-order valence-corrected chi connectivity index (χ2v) is 4.05. The molecule has 0 amide bonds. The molecule has 0 radical (unpaired) electrons. The molecule has 1 nitrogen and oxygen atoms in total. The van der Waals surface area contributed by atoms with Crippen LogP contribution in [0.25, 0.3) is 6.08 Å². The highest BCUT2D eigenvalue weighted by Gasteiger charge is 2.13. The van der Waals surface area contributed by atoms with E-state index in [1.807, 2.05) is 6.21 Å². The third kappa shape index (κ3) is 1.54. The predicted molar refractivity (Wildman–Crippen MR) is 64.2 cm³/mol. The SMILES string of the molecule is C1=NCC2=Cc3ccccc3CCC2=C1. The van der Waals surface area contributed by atoms with E-state index >= 15 is 0 Å². The summed E-state index contributed by atoms with van der Waals surface area (Å²) >= 11 is 0. The van der Waals surface area contributed by atoms with Gasteiger partial charge in [-0.3, -0.25) is 4.99 Å². The Morgan fingerprint density at radius 3 is 2.93 bits per heavy atom. The predicted octanol–water partition coefficient (Wildman–Crippen LogP) is 3.03. The van der Waals surface area contributed by atoms with E-state index in [1.54, 1.807) is 0 Å². The van der Waals surface area contributed by atoms with Crippen molar-refractivity contribution in [2.24, 2.45) is 4.99 Å². The molecule has 0 aromatic heterocycles. The van der Waals surface area contributed by atoms with Gasteiger partial charge in [0, 0.05) is 6.21 Å². The molecule has 0 saturated heterocycles. The lowest BCUT2D eigenvalue weighted by molar-refractivity contribution is 0.942. The summed E-state index contributed by atoms with van der Waals surface area (Å²) in [5.74, 6) is 0. The van der Waals surface area contributed by atoms with Gasteiger partial charge in [-0.25, -0.2) is 0 Å². The minimum Gasteiger partial charge on any atom is -0.288 e. The number of hydrogen-bond acceptors (Lipinski definition) is 1. The molecule has 2 aliphatic rings. The minimum absolute atomic E-state index is 0.847. The molecule has 0 atom stereocenters. The fourth-order valence-electron chi connectivity index (χ4n) is 2.24. The van der Waals surface area contributed by atoms with Crippen LogP contribution in [0.15, 0.2) is 46.5 Å². The highest BCUT2D eigenvalue weighted by atomic mass is 14.7. The van der Waals surface area contributed by atoms with Crippen LogP contribution in [0.3, 0.4) is 0 Å². The maximum absolute atomic E-state index is 4.31. The van der Waals surface area contributed by atoms with E-state index in [-0.39, 0.29) is 0 Å². The van der Waals surface area contributed by atoms with Crippen molar-refractivity contribution < 1.29 is 0 Å². The summed E-state index contributed by atoms with van der Waals surface area (Å²) < 4.78 is 0. The summed E-state index contributed by atoms with van der Waals surface area (Å²) in [5, 5.41) is 0. The van der Waals surface area contributed by atoms with E-state index in [4.69, 9.17) is 0 Å². The van der Waals surface area contributed by atoms with E-state index in [9.17, 15) is 0 Å². The second kappa shape index (κ2) is 3.50. The Bertz CT molecular complexity index is 478. The maximum atomic E-state index is 4.31. The Morgan fingerprint density at radius 2 is 1.93 bits per heavy atom. The van der Waals surface area contributed by atoms with Gasteiger partial charge < -0.3 is 0 Å². The quantitative estimate of drug-likeness (QED) is 0.603. The zero-order chi connectivity index (χ0) is 10.1. The Labute approximate surface area is 89.9 Å². The Hall–Kier alpha value is -1.63. The number of hydrogen-bond donors (Lipinski definition) is 0. The zero-order valence-electron chi connectivity index (χ0n) is 8.61. The van der Waals surface area contributed by atoms with Crippen molar-refractivity contribution in [1.29, 1.82) is 0 Å². The average Bonchev–Trinajstić information content (AvgIpc) is 2.48. The molecule has 0 saturated carbocycles. The molecule has 3 rings (SSSR count). The van der Waals surface area contributed by atoms with Crippen molar-refractivity contribution in [1.82, 2.24) is 0 Å². The van der Waals surface area contributed by atoms with Gasteiger partial charge in [-0.05, 0) is 47.3 Å². The number of benzene rings is 1. The standard InChI is InChI=1S/C14H13N/c1-2-4-13-9-14-10-15-8-7-12(14)6-5-11(13)3-1/h1-4,7-9H,5-6,10H2. The molecule has 1 aliphatic carbocycles. The lowest BCUT2D eigenvalue weighted by Crippen LogP contribution is -1.99. The van der Waals surface area contributed by atoms with Crippen LogP contribution in [0.5, 0.6) is 0 Å². The van der Waals surface area contributed by atoms with E-state index in [0.717, 1.165) is 19.4 Å². The first-order valence-electron chi connectivity index (χ1n) is 5.41. The summed E-state index contributed by atoms with van der Waals surface area (Å²) in [4.78, 5) is 4.31. The van der Waals surface area contributed by atoms with Crippen LogP contribution in [-0.2, 0) is 6.42 Å². The van der Waals surface area contributed by atoms with Gasteiger partial charge in [-0.15, -0.1) is 0 Å². The molecule has 15 heavy (non-hydrogen) atoms. The van der Waals surface area contributed by atoms with Gasteiger partial charge in [0.1, 0.15) is 0 Å². The van der Waals surface area contributed by atoms with Crippen molar-refractivity contribution in [3.63, 3.8) is 0 Å². The van der Waals surface area contributed by atoms with Gasteiger partial charge in [0.05, 0.1) is 6.54 Å². The second-order valence-electron chi connectivity index (χ2n) is 4.05. The highest BCUT2D eigenvalue weighted by molar-refractivity contribution is 5.78. The Kier molecular flexibility index (Phi) is 2.02. The van der Waals surface area contributed by atoms with Crippen LogP contribution >= 0.6 is 0 Å². The highest BCUT2D eigenvalue weighted by Crippen LogP contribution is 2.28. The van der Waals surface area contributed by atoms with Gasteiger partial charge in [0.2, 0.25) is 0 Å². The number of dihydropyridines is 1. The molecule has 74 valence electrons. The number of nitrogens with zero attached hydrogens (tertiary/aromatic N) is 1. The number of fused-ring (bicyclic) bond motifs is 2. The van der Waals surface area contributed by atoms with Crippen molar-refractivity contribution >= 4 is 12.3 Å². The molecule has 1 aromatic carbocycles. The van der Waals surface area contributed by atoms with Crippen LogP contribution in [0.4, 0.5) is 0 Å². The molecule has 0 bridgehead atoms. The first-order chi connectivity index (χ1) is 7.43. The minimum atomic E-state index is 0.847. The zero-order valence-corrected chi connectivity index (χ0v) is 8.61. The largest absolute Gasteiger partial charge is 0.288 e.